The first-order valence-corrected chi connectivity index (χ1v) is 8.76. The van der Waals surface area contributed by atoms with Crippen LogP contribution in [-0.4, -0.2) is 44.5 Å². The van der Waals surface area contributed by atoms with E-state index in [-0.39, 0.29) is 24.8 Å². The molecule has 3 N–H and O–H groups in total. The lowest BCUT2D eigenvalue weighted by Crippen LogP contribution is -2.52. The Bertz CT molecular complexity index is 998. The second-order valence-corrected chi connectivity index (χ2v) is 6.73. The maximum Gasteiger partial charge on any atom is 0.324 e. The van der Waals surface area contributed by atoms with Crippen LogP contribution in [0.15, 0.2) is 30.5 Å². The molecular formula is C18H18N6O4. The molecule has 0 bridgehead atoms. The fourth-order valence-corrected chi connectivity index (χ4v) is 3.41. The number of hydrogen-bond donors (Lipinski definition) is 3. The Hall–Kier alpha value is -3.69. The molecule has 0 aliphatic carbocycles. The maximum absolute atomic E-state index is 12.7. The molecule has 1 atom stereocenters. The molecule has 4 rings (SSSR count). The van der Waals surface area contributed by atoms with E-state index in [1.165, 1.54) is 4.90 Å². The van der Waals surface area contributed by atoms with Gasteiger partial charge in [-0.3, -0.25) is 29.7 Å². The number of anilines is 2. The average molecular weight is 382 g/mol. The summed E-state index contributed by atoms with van der Waals surface area (Å²) in [6.45, 7) is 0.248. The maximum atomic E-state index is 12.7. The highest BCUT2D eigenvalue weighted by Crippen LogP contribution is 2.29. The van der Waals surface area contributed by atoms with E-state index in [9.17, 15) is 19.2 Å². The number of nitrogens with zero attached hydrogens (tertiary/aromatic N) is 3. The molecule has 144 valence electrons. The van der Waals surface area contributed by atoms with E-state index in [0.717, 1.165) is 0 Å². The van der Waals surface area contributed by atoms with Gasteiger partial charge in [-0.2, -0.15) is 5.10 Å². The summed E-state index contributed by atoms with van der Waals surface area (Å²) >= 11 is 0. The summed E-state index contributed by atoms with van der Waals surface area (Å²) in [5.41, 5.74) is 1.72. The third-order valence-corrected chi connectivity index (χ3v) is 4.74. The van der Waals surface area contributed by atoms with E-state index < -0.39 is 18.0 Å². The van der Waals surface area contributed by atoms with Gasteiger partial charge in [-0.25, -0.2) is 4.79 Å². The van der Waals surface area contributed by atoms with Gasteiger partial charge in [0, 0.05) is 43.5 Å². The van der Waals surface area contributed by atoms with Gasteiger partial charge in [-0.15, -0.1) is 0 Å². The molecule has 1 aromatic carbocycles. The number of carbonyl (C=O) groups excluding carboxylic acids is 4. The molecule has 3 heterocycles. The van der Waals surface area contributed by atoms with E-state index in [0.29, 0.717) is 29.1 Å². The summed E-state index contributed by atoms with van der Waals surface area (Å²) in [7, 11) is 1.74. The zero-order valence-electron chi connectivity index (χ0n) is 15.1. The van der Waals surface area contributed by atoms with Crippen molar-refractivity contribution in [1.29, 1.82) is 0 Å². The summed E-state index contributed by atoms with van der Waals surface area (Å²) in [6.07, 6.45) is 2.22. The highest BCUT2D eigenvalue weighted by atomic mass is 16.2. The number of amides is 5. The fraction of sp³-hybridized carbons (Fsp3) is 0.278. The molecule has 2 aliphatic heterocycles. The Morgan fingerprint density at radius 3 is 2.75 bits per heavy atom. The Morgan fingerprint density at radius 1 is 1.21 bits per heavy atom. The van der Waals surface area contributed by atoms with E-state index in [4.69, 9.17) is 0 Å². The molecule has 1 fully saturated rings. The number of urea groups is 1. The van der Waals surface area contributed by atoms with Crippen molar-refractivity contribution in [2.45, 2.75) is 25.4 Å². The minimum atomic E-state index is -0.665. The normalized spacial score (nSPS) is 18.7. The number of fused-ring (bicyclic) bond motifs is 1. The van der Waals surface area contributed by atoms with E-state index in [1.807, 2.05) is 0 Å². The molecule has 1 aromatic heterocycles. The van der Waals surface area contributed by atoms with Crippen LogP contribution < -0.4 is 16.0 Å². The highest BCUT2D eigenvalue weighted by molar-refractivity contribution is 6.06. The van der Waals surface area contributed by atoms with Crippen molar-refractivity contribution in [1.82, 2.24) is 20.0 Å². The summed E-state index contributed by atoms with van der Waals surface area (Å²) in [6, 6.07) is 5.50. The topological polar surface area (TPSA) is 125 Å². The van der Waals surface area contributed by atoms with Gasteiger partial charge in [0.2, 0.25) is 11.8 Å². The Labute approximate surface area is 159 Å². The number of rotatable bonds is 3. The van der Waals surface area contributed by atoms with Crippen LogP contribution in [0.3, 0.4) is 0 Å². The molecule has 1 unspecified atom stereocenters. The zero-order chi connectivity index (χ0) is 19.8. The standard InChI is InChI=1S/C18H18N6O4/c1-23-7-6-14(22-23)20-18(28)19-11-2-3-12-10(8-11)9-24(17(12)27)13-4-5-15(25)21-16(13)26/h2-3,6-8,13H,4-5,9H2,1H3,(H,21,25,26)(H2,19,20,22,28). The molecule has 10 nitrogen and oxygen atoms in total. The first-order chi connectivity index (χ1) is 13.4. The largest absolute Gasteiger partial charge is 0.324 e. The number of carbonyl (C=O) groups is 4. The first-order valence-electron chi connectivity index (χ1n) is 8.76. The van der Waals surface area contributed by atoms with E-state index >= 15 is 0 Å². The molecule has 2 aliphatic rings. The lowest BCUT2D eigenvalue weighted by molar-refractivity contribution is -0.136. The van der Waals surface area contributed by atoms with Gasteiger partial charge in [0.05, 0.1) is 0 Å². The molecule has 0 saturated carbocycles. The van der Waals surface area contributed by atoms with Gasteiger partial charge >= 0.3 is 6.03 Å². The quantitative estimate of drug-likeness (QED) is 0.678. The second kappa shape index (κ2) is 6.80. The number of hydrogen-bond acceptors (Lipinski definition) is 5. The molecule has 0 radical (unpaired) electrons. The van der Waals surface area contributed by atoms with Gasteiger partial charge in [-0.1, -0.05) is 0 Å². The van der Waals surface area contributed by atoms with Crippen LogP contribution in [0.5, 0.6) is 0 Å². The number of benzene rings is 1. The van der Waals surface area contributed by atoms with Crippen molar-refractivity contribution >= 4 is 35.3 Å². The van der Waals surface area contributed by atoms with Crippen molar-refractivity contribution in [3.63, 3.8) is 0 Å². The third-order valence-electron chi connectivity index (χ3n) is 4.74. The minimum Gasteiger partial charge on any atom is -0.322 e. The highest BCUT2D eigenvalue weighted by Gasteiger charge is 2.39. The Kier molecular flexibility index (Phi) is 4.30. The van der Waals surface area contributed by atoms with E-state index in [1.54, 1.807) is 42.2 Å². The second-order valence-electron chi connectivity index (χ2n) is 6.73. The van der Waals surface area contributed by atoms with Gasteiger partial charge < -0.3 is 10.2 Å². The lowest BCUT2D eigenvalue weighted by atomic mass is 10.0. The summed E-state index contributed by atoms with van der Waals surface area (Å²) in [4.78, 5) is 49.6. The van der Waals surface area contributed by atoms with Crippen molar-refractivity contribution in [3.05, 3.63) is 41.6 Å². The van der Waals surface area contributed by atoms with Gasteiger partial charge in [0.15, 0.2) is 5.82 Å². The molecule has 5 amide bonds. The van der Waals surface area contributed by atoms with Crippen LogP contribution in [0, 0.1) is 0 Å². The van der Waals surface area contributed by atoms with E-state index in [2.05, 4.69) is 21.0 Å². The number of piperidine rings is 1. The van der Waals surface area contributed by atoms with Crippen LogP contribution in [0.2, 0.25) is 0 Å². The van der Waals surface area contributed by atoms with Gasteiger partial charge in [0.1, 0.15) is 6.04 Å². The van der Waals surface area contributed by atoms with Crippen molar-refractivity contribution in [2.75, 3.05) is 10.6 Å². The number of aryl methyl sites for hydroxylation is 1. The third kappa shape index (κ3) is 3.31. The fourth-order valence-electron chi connectivity index (χ4n) is 3.41. The first kappa shape index (κ1) is 17.7. The van der Waals surface area contributed by atoms with Crippen molar-refractivity contribution < 1.29 is 19.2 Å². The molecule has 0 spiro atoms. The van der Waals surface area contributed by atoms with Crippen LogP contribution in [0.4, 0.5) is 16.3 Å². The predicted octanol–water partition coefficient (Wildman–Crippen LogP) is 0.825. The van der Waals surface area contributed by atoms with Gasteiger partial charge in [0.25, 0.3) is 5.91 Å². The smallest absolute Gasteiger partial charge is 0.322 e. The van der Waals surface area contributed by atoms with Crippen LogP contribution in [-0.2, 0) is 23.2 Å². The SMILES string of the molecule is Cn1ccc(NC(=O)Nc2ccc3c(c2)CN(C2CCC(=O)NC2=O)C3=O)n1. The summed E-state index contributed by atoms with van der Waals surface area (Å²) < 4.78 is 1.57. The predicted molar refractivity (Wildman–Crippen MR) is 98.3 cm³/mol. The minimum absolute atomic E-state index is 0.205. The average Bonchev–Trinajstić information content (AvgIpc) is 3.18. The van der Waals surface area contributed by atoms with Crippen LogP contribution >= 0.6 is 0 Å². The molecule has 1 saturated heterocycles. The number of imide groups is 1. The molecule has 28 heavy (non-hydrogen) atoms. The van der Waals surface area contributed by atoms with Crippen LogP contribution in [0.1, 0.15) is 28.8 Å². The van der Waals surface area contributed by atoms with Crippen molar-refractivity contribution in [3.8, 4) is 0 Å². The number of nitrogens with one attached hydrogen (secondary N) is 3. The zero-order valence-corrected chi connectivity index (χ0v) is 15.1. The Morgan fingerprint density at radius 2 is 2.04 bits per heavy atom. The molecular weight excluding hydrogens is 364 g/mol. The Balaban J connectivity index is 1.45. The molecule has 10 heteroatoms. The number of aromatic nitrogens is 2. The van der Waals surface area contributed by atoms with Crippen LogP contribution in [0.25, 0.3) is 0 Å². The van der Waals surface area contributed by atoms with Gasteiger partial charge in [-0.05, 0) is 30.2 Å². The monoisotopic (exact) mass is 382 g/mol. The summed E-state index contributed by atoms with van der Waals surface area (Å²) in [5, 5.41) is 11.7. The summed E-state index contributed by atoms with van der Waals surface area (Å²) in [5.74, 6) is -0.615. The lowest BCUT2D eigenvalue weighted by Gasteiger charge is -2.29. The molecule has 2 aromatic rings. The van der Waals surface area contributed by atoms with Crippen molar-refractivity contribution in [2.24, 2.45) is 7.05 Å².